The van der Waals surface area contributed by atoms with Crippen LogP contribution in [0.2, 0.25) is 0 Å². The third-order valence-corrected chi connectivity index (χ3v) is 8.34. The van der Waals surface area contributed by atoms with Crippen LogP contribution in [0.3, 0.4) is 0 Å². The Morgan fingerprint density at radius 3 is 2.62 bits per heavy atom. The number of nitrogens with zero attached hydrogens (tertiary/aromatic N) is 3. The van der Waals surface area contributed by atoms with Crippen LogP contribution >= 0.6 is 0 Å². The second-order valence-corrected chi connectivity index (χ2v) is 10.7. The third kappa shape index (κ3) is 6.63. The Bertz CT molecular complexity index is 642. The Balaban J connectivity index is 1.26. The molecule has 4 aliphatic rings. The van der Waals surface area contributed by atoms with Crippen LogP contribution in [0.5, 0.6) is 0 Å². The molecule has 3 heterocycles. The first-order chi connectivity index (χ1) is 15.6. The topological polar surface area (TPSA) is 63.1 Å². The zero-order valence-corrected chi connectivity index (χ0v) is 20.6. The number of allylic oxidation sites excluding steroid dienone is 2. The van der Waals surface area contributed by atoms with Crippen molar-refractivity contribution < 1.29 is 5.11 Å². The Morgan fingerprint density at radius 2 is 1.84 bits per heavy atom. The number of fused-ring (bicyclic) bond motifs is 1. The van der Waals surface area contributed by atoms with Gasteiger partial charge in [-0.25, -0.2) is 0 Å². The first-order valence-electron chi connectivity index (χ1n) is 13.4. The van der Waals surface area contributed by atoms with E-state index in [2.05, 4.69) is 40.4 Å². The maximum atomic E-state index is 9.18. The molecule has 32 heavy (non-hydrogen) atoms. The summed E-state index contributed by atoms with van der Waals surface area (Å²) in [6.45, 7) is 11.1. The zero-order valence-electron chi connectivity index (χ0n) is 20.6. The van der Waals surface area contributed by atoms with Gasteiger partial charge < -0.3 is 15.7 Å². The van der Waals surface area contributed by atoms with E-state index >= 15 is 0 Å². The van der Waals surface area contributed by atoms with E-state index < -0.39 is 0 Å². The summed E-state index contributed by atoms with van der Waals surface area (Å²) in [5.74, 6) is 0.652. The number of piperazine rings is 2. The molecule has 5 atom stereocenters. The fourth-order valence-electron chi connectivity index (χ4n) is 6.31. The fourth-order valence-corrected chi connectivity index (χ4v) is 6.31. The van der Waals surface area contributed by atoms with Gasteiger partial charge in [-0.3, -0.25) is 14.8 Å². The molecule has 0 aromatic heterocycles. The summed E-state index contributed by atoms with van der Waals surface area (Å²) >= 11 is 0. The molecule has 0 aromatic carbocycles. The number of hydrogen-bond donors (Lipinski definition) is 3. The van der Waals surface area contributed by atoms with Crippen LogP contribution in [-0.4, -0.2) is 90.8 Å². The lowest BCUT2D eigenvalue weighted by molar-refractivity contribution is 0.0813. The molecular weight excluding hydrogens is 398 g/mol. The van der Waals surface area contributed by atoms with Gasteiger partial charge in [0.1, 0.15) is 6.17 Å². The SMILES string of the molecule is CC1=N/C(N2CCN(CCO)CC2)CCC(C)/C(CCCC2CN[C@@H]3CCCCC3N2)=C\1. The molecule has 6 nitrogen and oxygen atoms in total. The van der Waals surface area contributed by atoms with Gasteiger partial charge in [-0.15, -0.1) is 0 Å². The van der Waals surface area contributed by atoms with Gasteiger partial charge in [-0.2, -0.15) is 0 Å². The van der Waals surface area contributed by atoms with Gasteiger partial charge in [0.25, 0.3) is 0 Å². The molecule has 1 saturated carbocycles. The quantitative estimate of drug-likeness (QED) is 0.562. The van der Waals surface area contributed by atoms with E-state index in [1.165, 1.54) is 57.1 Å². The van der Waals surface area contributed by atoms with Gasteiger partial charge in [-0.05, 0) is 63.9 Å². The van der Waals surface area contributed by atoms with Crippen LogP contribution < -0.4 is 10.6 Å². The van der Waals surface area contributed by atoms with E-state index in [9.17, 15) is 5.11 Å². The van der Waals surface area contributed by atoms with E-state index in [4.69, 9.17) is 4.99 Å². The molecule has 6 heteroatoms. The standard InChI is InChI=1S/C26H47N5O/c1-20-10-11-26(31-14-12-30(13-15-31)16-17-32)28-21(2)18-22(20)6-5-7-23-19-27-24-8-3-4-9-25(24)29-23/h18,20,23-27,29,32H,3-17,19H2,1-2H3/b22-18-,28-21-/t20?,23?,24-,25?,26?/m1/s1. The number of aliphatic imine (C=N–C) groups is 1. The second-order valence-electron chi connectivity index (χ2n) is 10.7. The van der Waals surface area contributed by atoms with Gasteiger partial charge in [0.2, 0.25) is 0 Å². The van der Waals surface area contributed by atoms with E-state index in [0.717, 1.165) is 51.7 Å². The van der Waals surface area contributed by atoms with Gasteiger partial charge in [-0.1, -0.05) is 25.3 Å². The van der Waals surface area contributed by atoms with E-state index in [0.29, 0.717) is 24.2 Å². The highest BCUT2D eigenvalue weighted by atomic mass is 16.3. The van der Waals surface area contributed by atoms with Crippen molar-refractivity contribution in [2.45, 2.75) is 95.9 Å². The maximum absolute atomic E-state index is 9.18. The Kier molecular flexibility index (Phi) is 9.18. The van der Waals surface area contributed by atoms with Crippen LogP contribution in [0.1, 0.15) is 71.6 Å². The summed E-state index contributed by atoms with van der Waals surface area (Å²) in [5.41, 5.74) is 2.81. The van der Waals surface area contributed by atoms with Crippen molar-refractivity contribution in [1.29, 1.82) is 0 Å². The number of nitrogens with one attached hydrogen (secondary N) is 2. The molecule has 0 amide bonds. The Hall–Kier alpha value is -0.790. The van der Waals surface area contributed by atoms with Crippen LogP contribution in [0, 0.1) is 5.92 Å². The Morgan fingerprint density at radius 1 is 1.06 bits per heavy atom. The smallest absolute Gasteiger partial charge is 0.102 e. The van der Waals surface area contributed by atoms with Crippen molar-refractivity contribution >= 4 is 5.71 Å². The predicted octanol–water partition coefficient (Wildman–Crippen LogP) is 2.78. The average molecular weight is 446 g/mol. The van der Waals surface area contributed by atoms with Crippen molar-refractivity contribution in [2.24, 2.45) is 10.9 Å². The van der Waals surface area contributed by atoms with Crippen molar-refractivity contribution in [1.82, 2.24) is 20.4 Å². The number of hydrogen-bond acceptors (Lipinski definition) is 6. The largest absolute Gasteiger partial charge is 0.395 e. The molecule has 0 aromatic rings. The first-order valence-corrected chi connectivity index (χ1v) is 13.4. The van der Waals surface area contributed by atoms with E-state index in [1.807, 2.05) is 0 Å². The molecule has 182 valence electrons. The van der Waals surface area contributed by atoms with Gasteiger partial charge in [0, 0.05) is 63.1 Å². The molecule has 4 rings (SSSR count). The summed E-state index contributed by atoms with van der Waals surface area (Å²) in [5, 5.41) is 17.0. The van der Waals surface area contributed by atoms with E-state index in [-0.39, 0.29) is 6.61 Å². The average Bonchev–Trinajstić information content (AvgIpc) is 2.81. The lowest BCUT2D eigenvalue weighted by atomic mass is 9.86. The minimum atomic E-state index is 0.264. The number of rotatable bonds is 7. The summed E-state index contributed by atoms with van der Waals surface area (Å²) < 4.78 is 0. The monoisotopic (exact) mass is 445 g/mol. The van der Waals surface area contributed by atoms with Crippen LogP contribution in [0.15, 0.2) is 16.6 Å². The number of β-amino-alcohol motifs (C(OH)–C–C–N with tert-alkyl or cyclic N) is 1. The van der Waals surface area contributed by atoms with Crippen molar-refractivity contribution in [3.05, 3.63) is 11.6 Å². The second kappa shape index (κ2) is 12.1. The van der Waals surface area contributed by atoms with Gasteiger partial charge in [0.15, 0.2) is 0 Å². The van der Waals surface area contributed by atoms with Crippen LogP contribution in [-0.2, 0) is 0 Å². The predicted molar refractivity (Wildman–Crippen MR) is 133 cm³/mol. The zero-order chi connectivity index (χ0) is 22.3. The van der Waals surface area contributed by atoms with E-state index in [1.54, 1.807) is 5.57 Å². The van der Waals surface area contributed by atoms with Crippen molar-refractivity contribution in [2.75, 3.05) is 45.9 Å². The highest BCUT2D eigenvalue weighted by Crippen LogP contribution is 2.28. The summed E-state index contributed by atoms with van der Waals surface area (Å²) in [6, 6.07) is 2.07. The molecule has 0 radical (unpaired) electrons. The number of aliphatic hydroxyl groups is 1. The highest BCUT2D eigenvalue weighted by molar-refractivity contribution is 5.93. The minimum absolute atomic E-state index is 0.264. The minimum Gasteiger partial charge on any atom is -0.395 e. The van der Waals surface area contributed by atoms with Crippen LogP contribution in [0.25, 0.3) is 0 Å². The summed E-state index contributed by atoms with van der Waals surface area (Å²) in [6.07, 6.45) is 14.4. The normalized spacial score (nSPS) is 38.7. The van der Waals surface area contributed by atoms with Crippen molar-refractivity contribution in [3.63, 3.8) is 0 Å². The summed E-state index contributed by atoms with van der Waals surface area (Å²) in [4.78, 5) is 10.1. The molecule has 0 spiro atoms. The summed E-state index contributed by atoms with van der Waals surface area (Å²) in [7, 11) is 0. The lowest BCUT2D eigenvalue weighted by Gasteiger charge is -2.41. The molecule has 3 N–H and O–H groups in total. The van der Waals surface area contributed by atoms with Gasteiger partial charge in [0.05, 0.1) is 6.61 Å². The molecule has 3 aliphatic heterocycles. The van der Waals surface area contributed by atoms with Crippen molar-refractivity contribution in [3.8, 4) is 0 Å². The third-order valence-electron chi connectivity index (χ3n) is 8.34. The molecule has 2 saturated heterocycles. The fraction of sp³-hybridized carbons (Fsp3) is 0.885. The molecule has 1 aliphatic carbocycles. The molecule has 3 fully saturated rings. The highest BCUT2D eigenvalue weighted by Gasteiger charge is 2.31. The lowest BCUT2D eigenvalue weighted by Crippen LogP contribution is -2.61. The number of aliphatic hydroxyl groups excluding tert-OH is 1. The molecular formula is C26H47N5O. The Labute approximate surface area is 195 Å². The first kappa shape index (κ1) is 24.3. The maximum Gasteiger partial charge on any atom is 0.102 e. The van der Waals surface area contributed by atoms with Crippen LogP contribution in [0.4, 0.5) is 0 Å². The molecule has 0 bridgehead atoms. The van der Waals surface area contributed by atoms with Gasteiger partial charge >= 0.3 is 0 Å². The molecule has 4 unspecified atom stereocenters.